The molecule has 2 aromatic rings. The van der Waals surface area contributed by atoms with Crippen molar-refractivity contribution in [3.05, 3.63) is 88.6 Å². The Kier molecular flexibility index (Phi) is 7.57. The van der Waals surface area contributed by atoms with E-state index in [1.807, 2.05) is 19.1 Å². The Morgan fingerprint density at radius 2 is 1.64 bits per heavy atom. The summed E-state index contributed by atoms with van der Waals surface area (Å²) in [5, 5.41) is 16.0. The minimum atomic E-state index is -3.49. The number of hydrogen-bond donors (Lipinski definition) is 2. The van der Waals surface area contributed by atoms with E-state index in [0.717, 1.165) is 48.2 Å². The zero-order valence-corrected chi connectivity index (χ0v) is 24.8. The summed E-state index contributed by atoms with van der Waals surface area (Å²) < 4.78 is 28.0. The van der Waals surface area contributed by atoms with Gasteiger partial charge in [0.15, 0.2) is 0 Å². The van der Waals surface area contributed by atoms with E-state index in [-0.39, 0.29) is 11.3 Å². The van der Waals surface area contributed by atoms with Crippen molar-refractivity contribution in [2.75, 3.05) is 39.8 Å². The third-order valence-electron chi connectivity index (χ3n) is 9.06. The van der Waals surface area contributed by atoms with Crippen LogP contribution in [0.5, 0.6) is 0 Å². The fourth-order valence-corrected chi connectivity index (χ4v) is 8.20. The van der Waals surface area contributed by atoms with Gasteiger partial charge in [-0.3, -0.25) is 0 Å². The molecule has 1 atom stereocenters. The van der Waals surface area contributed by atoms with E-state index in [1.165, 1.54) is 5.56 Å². The molecule has 0 bridgehead atoms. The first kappa shape index (κ1) is 28.1. The molecule has 0 radical (unpaired) electrons. The van der Waals surface area contributed by atoms with Gasteiger partial charge in [0, 0.05) is 44.3 Å². The van der Waals surface area contributed by atoms with Gasteiger partial charge in [-0.05, 0) is 73.1 Å². The zero-order chi connectivity index (χ0) is 28.0. The number of aliphatic hydroxyl groups is 1. The molecule has 0 saturated carbocycles. The molecule has 7 heteroatoms. The van der Waals surface area contributed by atoms with Gasteiger partial charge in [0.1, 0.15) is 5.60 Å². The Morgan fingerprint density at radius 3 is 2.21 bits per heavy atom. The molecule has 6 nitrogen and oxygen atoms in total. The van der Waals surface area contributed by atoms with E-state index in [0.29, 0.717) is 30.4 Å². The average Bonchev–Trinajstić information content (AvgIpc) is 2.92. The van der Waals surface area contributed by atoms with Gasteiger partial charge in [0.25, 0.3) is 0 Å². The van der Waals surface area contributed by atoms with Crippen LogP contribution in [-0.2, 0) is 15.6 Å². The summed E-state index contributed by atoms with van der Waals surface area (Å²) >= 11 is 0. The van der Waals surface area contributed by atoms with Crippen LogP contribution in [0.4, 0.5) is 0 Å². The molecule has 1 unspecified atom stereocenters. The summed E-state index contributed by atoms with van der Waals surface area (Å²) in [7, 11) is -1.40. The van der Waals surface area contributed by atoms with Crippen molar-refractivity contribution in [1.29, 1.82) is 0 Å². The quantitative estimate of drug-likeness (QED) is 0.521. The second kappa shape index (κ2) is 10.5. The first-order valence-electron chi connectivity index (χ1n) is 14.2. The highest BCUT2D eigenvalue weighted by Crippen LogP contribution is 2.51. The molecule has 2 N–H and O–H groups in total. The molecular formula is C32H43N3O3S. The number of rotatable bonds is 7. The van der Waals surface area contributed by atoms with E-state index in [9.17, 15) is 13.5 Å². The van der Waals surface area contributed by atoms with Crippen molar-refractivity contribution in [3.63, 3.8) is 0 Å². The summed E-state index contributed by atoms with van der Waals surface area (Å²) in [4.78, 5) is 2.62. The van der Waals surface area contributed by atoms with Crippen molar-refractivity contribution in [3.8, 4) is 0 Å². The Morgan fingerprint density at radius 1 is 1.03 bits per heavy atom. The number of piperidine rings is 1. The van der Waals surface area contributed by atoms with E-state index in [4.69, 9.17) is 0 Å². The molecule has 0 amide bonds. The van der Waals surface area contributed by atoms with Crippen LogP contribution in [0.15, 0.2) is 76.8 Å². The number of hydrogen-bond acceptors (Lipinski definition) is 5. The number of benzene rings is 2. The molecule has 2 aromatic carbocycles. The summed E-state index contributed by atoms with van der Waals surface area (Å²) in [6, 6.07) is 15.6. The lowest BCUT2D eigenvalue weighted by molar-refractivity contribution is -0.130. The highest BCUT2D eigenvalue weighted by molar-refractivity contribution is 7.89. The van der Waals surface area contributed by atoms with Gasteiger partial charge in [-0.25, -0.2) is 8.42 Å². The smallest absolute Gasteiger partial charge is 0.243 e. The molecule has 2 fully saturated rings. The van der Waals surface area contributed by atoms with Crippen molar-refractivity contribution in [2.24, 2.45) is 11.3 Å². The van der Waals surface area contributed by atoms with Crippen molar-refractivity contribution < 1.29 is 13.5 Å². The number of allylic oxidation sites excluding steroid dienone is 2. The molecule has 0 aromatic heterocycles. The van der Waals surface area contributed by atoms with Crippen LogP contribution >= 0.6 is 0 Å². The predicted octanol–water partition coefficient (Wildman–Crippen LogP) is 4.77. The largest absolute Gasteiger partial charge is 0.387 e. The number of nitrogens with zero attached hydrogens (tertiary/aromatic N) is 2. The monoisotopic (exact) mass is 549 g/mol. The summed E-state index contributed by atoms with van der Waals surface area (Å²) in [6.45, 7) is 11.7. The molecule has 39 heavy (non-hydrogen) atoms. The van der Waals surface area contributed by atoms with Gasteiger partial charge >= 0.3 is 0 Å². The Hall–Kier alpha value is -2.45. The molecule has 2 saturated heterocycles. The van der Waals surface area contributed by atoms with E-state index in [1.54, 1.807) is 16.4 Å². The van der Waals surface area contributed by atoms with Gasteiger partial charge in [-0.2, -0.15) is 4.31 Å². The molecule has 210 valence electrons. The maximum Gasteiger partial charge on any atom is 0.243 e. The van der Waals surface area contributed by atoms with Crippen molar-refractivity contribution in [2.45, 2.75) is 57.0 Å². The number of dihydropyridines is 1. The van der Waals surface area contributed by atoms with Gasteiger partial charge in [-0.1, -0.05) is 68.8 Å². The normalized spacial score (nSPS) is 22.4. The van der Waals surface area contributed by atoms with Crippen LogP contribution in [0.1, 0.15) is 56.2 Å². The van der Waals surface area contributed by atoms with Crippen molar-refractivity contribution >= 4 is 10.0 Å². The van der Waals surface area contributed by atoms with Crippen LogP contribution in [0, 0.1) is 18.3 Å². The van der Waals surface area contributed by atoms with Gasteiger partial charge in [-0.15, -0.1) is 0 Å². The summed E-state index contributed by atoms with van der Waals surface area (Å²) in [5.41, 5.74) is 3.99. The highest BCUT2D eigenvalue weighted by atomic mass is 32.2. The van der Waals surface area contributed by atoms with Gasteiger partial charge < -0.3 is 15.3 Å². The fourth-order valence-electron chi connectivity index (χ4n) is 6.73. The molecule has 5 rings (SSSR count). The standard InChI is InChI=1S/C32H43N3O3S/c1-23(2)25-8-10-28(11-9-25)32(36,31(4)21-34(5)22-31)29-18-27(19-33-20-29)26-14-16-35(17-15-26)39(37,38)30-12-6-24(3)7-13-30/h6-13,18-19,23,26,33,36H,14-17,20-22H2,1-5H3. The first-order valence-corrected chi connectivity index (χ1v) is 15.6. The molecule has 3 heterocycles. The molecule has 0 spiro atoms. The highest BCUT2D eigenvalue weighted by Gasteiger charge is 2.56. The lowest BCUT2D eigenvalue weighted by Crippen LogP contribution is -2.64. The van der Waals surface area contributed by atoms with Gasteiger partial charge in [0.05, 0.1) is 4.90 Å². The lowest BCUT2D eigenvalue weighted by Gasteiger charge is -2.57. The van der Waals surface area contributed by atoms with Crippen LogP contribution < -0.4 is 5.32 Å². The fraction of sp³-hybridized carbons (Fsp3) is 0.500. The third kappa shape index (κ3) is 5.10. The average molecular weight is 550 g/mol. The first-order chi connectivity index (χ1) is 18.4. The Bertz CT molecular complexity index is 1350. The zero-order valence-electron chi connectivity index (χ0n) is 23.9. The van der Waals surface area contributed by atoms with E-state index in [2.05, 4.69) is 74.6 Å². The second-order valence-corrected chi connectivity index (χ2v) is 14.3. The number of nitrogens with one attached hydrogen (secondary N) is 1. The minimum Gasteiger partial charge on any atom is -0.387 e. The Labute approximate surface area is 234 Å². The molecule has 3 aliphatic heterocycles. The molecule has 3 aliphatic rings. The lowest BCUT2D eigenvalue weighted by atomic mass is 9.61. The topological polar surface area (TPSA) is 72.9 Å². The predicted molar refractivity (Wildman–Crippen MR) is 157 cm³/mol. The third-order valence-corrected chi connectivity index (χ3v) is 11.0. The van der Waals surface area contributed by atoms with Crippen molar-refractivity contribution in [1.82, 2.24) is 14.5 Å². The molecule has 0 aliphatic carbocycles. The SMILES string of the molecule is Cc1ccc(S(=O)(=O)N2CCC(C3=CNCC(C(O)(c4ccc(C(C)C)cc4)C4(C)CN(C)C4)=C3)CC2)cc1. The Balaban J connectivity index is 1.38. The number of likely N-dealkylation sites (tertiary alicyclic amines) is 1. The van der Waals surface area contributed by atoms with Crippen LogP contribution in [0.2, 0.25) is 0 Å². The van der Waals surface area contributed by atoms with E-state index < -0.39 is 15.6 Å². The van der Waals surface area contributed by atoms with Gasteiger partial charge in [0.2, 0.25) is 10.0 Å². The van der Waals surface area contributed by atoms with Crippen LogP contribution in [-0.4, -0.2) is 62.5 Å². The number of sulfonamides is 1. The van der Waals surface area contributed by atoms with Crippen LogP contribution in [0.25, 0.3) is 0 Å². The second-order valence-electron chi connectivity index (χ2n) is 12.4. The molecular weight excluding hydrogens is 506 g/mol. The summed E-state index contributed by atoms with van der Waals surface area (Å²) in [5.74, 6) is 0.671. The van der Waals surface area contributed by atoms with Crippen LogP contribution in [0.3, 0.4) is 0 Å². The number of aryl methyl sites for hydroxylation is 1. The maximum atomic E-state index is 13.2. The maximum absolute atomic E-state index is 13.2. The van der Waals surface area contributed by atoms with E-state index >= 15 is 0 Å². The minimum absolute atomic E-state index is 0.238. The summed E-state index contributed by atoms with van der Waals surface area (Å²) in [6.07, 6.45) is 5.77.